The third-order valence-electron chi connectivity index (χ3n) is 7.22. The predicted molar refractivity (Wildman–Crippen MR) is 126 cm³/mol. The van der Waals surface area contributed by atoms with Crippen molar-refractivity contribution in [2.45, 2.75) is 26.7 Å². The SMILES string of the molecule is CCc1ccc(NC(=O)COC(=O)c2ccc(N3C(=O)[C@H]4[C@H](C3=O)[C@H]3C=C(C)[C@H]4C3)cc2)cc1. The summed E-state index contributed by atoms with van der Waals surface area (Å²) in [5, 5.41) is 2.69. The van der Waals surface area contributed by atoms with E-state index in [0.717, 1.165) is 18.4 Å². The lowest BCUT2D eigenvalue weighted by Gasteiger charge is -2.19. The highest BCUT2D eigenvalue weighted by molar-refractivity contribution is 6.23. The number of hydrogen-bond donors (Lipinski definition) is 1. The van der Waals surface area contributed by atoms with Crippen molar-refractivity contribution in [3.63, 3.8) is 0 Å². The highest BCUT2D eigenvalue weighted by Gasteiger charge is 2.60. The summed E-state index contributed by atoms with van der Waals surface area (Å²) in [4.78, 5) is 51.8. The molecule has 0 aromatic heterocycles. The molecule has 7 heteroatoms. The van der Waals surface area contributed by atoms with E-state index >= 15 is 0 Å². The van der Waals surface area contributed by atoms with Crippen molar-refractivity contribution >= 4 is 35.1 Å². The first-order valence-corrected chi connectivity index (χ1v) is 11.6. The number of nitrogens with one attached hydrogen (secondary N) is 1. The number of fused-ring (bicyclic) bond motifs is 5. The number of benzene rings is 2. The second-order valence-electron chi connectivity index (χ2n) is 9.20. The lowest BCUT2D eigenvalue weighted by Crippen LogP contribution is -2.33. The van der Waals surface area contributed by atoms with Crippen LogP contribution < -0.4 is 10.2 Å². The molecule has 7 nitrogen and oxygen atoms in total. The molecular weight excluding hydrogens is 432 g/mol. The van der Waals surface area contributed by atoms with Gasteiger partial charge in [0, 0.05) is 5.69 Å². The van der Waals surface area contributed by atoms with Crippen LogP contribution in [-0.4, -0.2) is 30.3 Å². The Morgan fingerprint density at radius 2 is 1.68 bits per heavy atom. The summed E-state index contributed by atoms with van der Waals surface area (Å²) < 4.78 is 5.12. The van der Waals surface area contributed by atoms with Gasteiger partial charge in [0.15, 0.2) is 6.61 Å². The first-order chi connectivity index (χ1) is 16.4. The minimum atomic E-state index is -0.656. The molecule has 174 valence electrons. The van der Waals surface area contributed by atoms with Crippen molar-refractivity contribution in [3.05, 3.63) is 71.3 Å². The Hall–Kier alpha value is -3.74. The van der Waals surface area contributed by atoms with Crippen LogP contribution in [0.1, 0.15) is 36.2 Å². The molecule has 2 aliphatic carbocycles. The minimum absolute atomic E-state index is 0.140. The lowest BCUT2D eigenvalue weighted by molar-refractivity contribution is -0.123. The fourth-order valence-electron chi connectivity index (χ4n) is 5.51. The average Bonchev–Trinajstić information content (AvgIpc) is 3.48. The van der Waals surface area contributed by atoms with E-state index in [4.69, 9.17) is 4.74 Å². The van der Waals surface area contributed by atoms with E-state index in [1.807, 2.05) is 26.0 Å². The van der Waals surface area contributed by atoms with Crippen molar-refractivity contribution in [3.8, 4) is 0 Å². The van der Waals surface area contributed by atoms with E-state index in [9.17, 15) is 19.2 Å². The van der Waals surface area contributed by atoms with E-state index in [1.165, 1.54) is 22.6 Å². The molecule has 0 spiro atoms. The first-order valence-electron chi connectivity index (χ1n) is 11.6. The molecule has 4 atom stereocenters. The van der Waals surface area contributed by atoms with Crippen LogP contribution in [0.15, 0.2) is 60.2 Å². The third kappa shape index (κ3) is 3.71. The number of carbonyl (C=O) groups excluding carboxylic acids is 4. The Bertz CT molecular complexity index is 1200. The fraction of sp³-hybridized carbons (Fsp3) is 0.333. The van der Waals surface area contributed by atoms with E-state index in [0.29, 0.717) is 11.4 Å². The van der Waals surface area contributed by atoms with Gasteiger partial charge in [-0.05, 0) is 73.6 Å². The Morgan fingerprint density at radius 3 is 2.35 bits per heavy atom. The minimum Gasteiger partial charge on any atom is -0.452 e. The Labute approximate surface area is 197 Å². The number of hydrogen-bond acceptors (Lipinski definition) is 5. The van der Waals surface area contributed by atoms with Gasteiger partial charge in [-0.1, -0.05) is 30.7 Å². The second-order valence-corrected chi connectivity index (χ2v) is 9.20. The molecule has 2 aromatic carbocycles. The van der Waals surface area contributed by atoms with Gasteiger partial charge in [-0.2, -0.15) is 0 Å². The number of carbonyl (C=O) groups is 4. The van der Waals surface area contributed by atoms with Crippen LogP contribution in [0.3, 0.4) is 0 Å². The smallest absolute Gasteiger partial charge is 0.338 e. The highest BCUT2D eigenvalue weighted by atomic mass is 16.5. The third-order valence-corrected chi connectivity index (χ3v) is 7.22. The summed E-state index contributed by atoms with van der Waals surface area (Å²) in [5.41, 5.74) is 3.68. The van der Waals surface area contributed by atoms with E-state index < -0.39 is 18.5 Å². The Morgan fingerprint density at radius 1 is 1.00 bits per heavy atom. The van der Waals surface area contributed by atoms with Crippen LogP contribution in [0, 0.1) is 23.7 Å². The van der Waals surface area contributed by atoms with Gasteiger partial charge in [-0.15, -0.1) is 0 Å². The number of rotatable bonds is 6. The maximum atomic E-state index is 13.1. The molecule has 3 amide bonds. The molecule has 2 fully saturated rings. The van der Waals surface area contributed by atoms with Crippen molar-refractivity contribution in [1.82, 2.24) is 0 Å². The summed E-state index contributed by atoms with van der Waals surface area (Å²) in [6.07, 6.45) is 3.93. The van der Waals surface area contributed by atoms with Gasteiger partial charge in [-0.3, -0.25) is 19.3 Å². The van der Waals surface area contributed by atoms with Crippen molar-refractivity contribution < 1.29 is 23.9 Å². The maximum Gasteiger partial charge on any atom is 0.338 e. The molecule has 2 bridgehead atoms. The lowest BCUT2D eigenvalue weighted by atomic mass is 9.82. The molecule has 0 unspecified atom stereocenters. The van der Waals surface area contributed by atoms with E-state index in [2.05, 4.69) is 11.4 Å². The number of amides is 3. The summed E-state index contributed by atoms with van der Waals surface area (Å²) in [5.74, 6) is -1.67. The molecule has 0 radical (unpaired) electrons. The number of anilines is 2. The van der Waals surface area contributed by atoms with Crippen LogP contribution >= 0.6 is 0 Å². The van der Waals surface area contributed by atoms with E-state index in [1.54, 1.807) is 24.3 Å². The molecule has 1 heterocycles. The molecule has 34 heavy (non-hydrogen) atoms. The number of ether oxygens (including phenoxy) is 1. The van der Waals surface area contributed by atoms with Gasteiger partial charge in [-0.25, -0.2) is 4.79 Å². The summed E-state index contributed by atoms with van der Waals surface area (Å²) in [6, 6.07) is 13.6. The van der Waals surface area contributed by atoms with Crippen LogP contribution in [0.2, 0.25) is 0 Å². The summed E-state index contributed by atoms with van der Waals surface area (Å²) in [6.45, 7) is 3.66. The second kappa shape index (κ2) is 8.56. The molecule has 1 aliphatic heterocycles. The van der Waals surface area contributed by atoms with Gasteiger partial charge in [0.25, 0.3) is 5.91 Å². The number of allylic oxidation sites excluding steroid dienone is 2. The number of esters is 1. The van der Waals surface area contributed by atoms with Crippen molar-refractivity contribution in [2.24, 2.45) is 23.7 Å². The molecule has 5 rings (SSSR count). The zero-order valence-electron chi connectivity index (χ0n) is 19.1. The van der Waals surface area contributed by atoms with Crippen molar-refractivity contribution in [1.29, 1.82) is 0 Å². The van der Waals surface area contributed by atoms with Crippen molar-refractivity contribution in [2.75, 3.05) is 16.8 Å². The molecule has 1 saturated heterocycles. The van der Waals surface area contributed by atoms with Gasteiger partial charge in [0.2, 0.25) is 11.8 Å². The standard InChI is InChI=1S/C27H26N2O5/c1-3-16-4-8-19(9-5-16)28-22(30)14-34-27(33)17-6-10-20(11-7-17)29-25(31)23-18-12-15(2)21(13-18)24(23)26(29)32/h4-12,18,21,23-24H,3,13-14H2,1-2H3,(H,28,30)/t18-,21+,23+,24+/m0/s1. The molecule has 2 aromatic rings. The topological polar surface area (TPSA) is 92.8 Å². The summed E-state index contributed by atoms with van der Waals surface area (Å²) >= 11 is 0. The first kappa shape index (κ1) is 22.1. The zero-order chi connectivity index (χ0) is 24.0. The van der Waals surface area contributed by atoms with E-state index in [-0.39, 0.29) is 41.0 Å². The van der Waals surface area contributed by atoms with Crippen LogP contribution in [0.25, 0.3) is 0 Å². The number of nitrogens with zero attached hydrogens (tertiary/aromatic N) is 1. The largest absolute Gasteiger partial charge is 0.452 e. The van der Waals surface area contributed by atoms with Gasteiger partial charge in [0.05, 0.1) is 23.1 Å². The Balaban J connectivity index is 1.19. The van der Waals surface area contributed by atoms with Gasteiger partial charge < -0.3 is 10.1 Å². The average molecular weight is 459 g/mol. The number of imide groups is 1. The molecule has 1 saturated carbocycles. The fourth-order valence-corrected chi connectivity index (χ4v) is 5.51. The zero-order valence-corrected chi connectivity index (χ0v) is 19.1. The number of aryl methyl sites for hydroxylation is 1. The highest BCUT2D eigenvalue weighted by Crippen LogP contribution is 2.55. The predicted octanol–water partition coefficient (Wildman–Crippen LogP) is 3.75. The van der Waals surface area contributed by atoms with Gasteiger partial charge >= 0.3 is 5.97 Å². The maximum absolute atomic E-state index is 13.1. The van der Waals surface area contributed by atoms with Crippen LogP contribution in [0.4, 0.5) is 11.4 Å². The van der Waals surface area contributed by atoms with Crippen LogP contribution in [0.5, 0.6) is 0 Å². The Kier molecular flexibility index (Phi) is 5.55. The molecular formula is C27H26N2O5. The normalized spacial score (nSPS) is 24.8. The van der Waals surface area contributed by atoms with Crippen LogP contribution in [-0.2, 0) is 25.5 Å². The molecule has 1 N–H and O–H groups in total. The molecule has 3 aliphatic rings. The summed E-state index contributed by atoms with van der Waals surface area (Å²) in [7, 11) is 0. The monoisotopic (exact) mass is 458 g/mol. The van der Waals surface area contributed by atoms with Gasteiger partial charge in [0.1, 0.15) is 0 Å². The quantitative estimate of drug-likeness (QED) is 0.404.